The Labute approximate surface area is 160 Å². The van der Waals surface area contributed by atoms with Crippen molar-refractivity contribution in [2.45, 2.75) is 32.3 Å². The lowest BCUT2D eigenvalue weighted by Crippen LogP contribution is -2.34. The van der Waals surface area contributed by atoms with Crippen molar-refractivity contribution < 1.29 is 9.53 Å². The van der Waals surface area contributed by atoms with Crippen LogP contribution in [0.5, 0.6) is 5.75 Å². The lowest BCUT2D eigenvalue weighted by molar-refractivity contribution is -0.121. The Morgan fingerprint density at radius 1 is 1.29 bits per heavy atom. The number of hydrogen-bond acceptors (Lipinski definition) is 4. The first-order valence-electron chi connectivity index (χ1n) is 9.25. The summed E-state index contributed by atoms with van der Waals surface area (Å²) in [6.45, 7) is 2.16. The Morgan fingerprint density at radius 3 is 2.86 bits per heavy atom. The van der Waals surface area contributed by atoms with Gasteiger partial charge in [0.15, 0.2) is 0 Å². The van der Waals surface area contributed by atoms with Crippen molar-refractivity contribution in [3.05, 3.63) is 61.7 Å². The van der Waals surface area contributed by atoms with Crippen molar-refractivity contribution in [1.82, 2.24) is 20.1 Å². The van der Waals surface area contributed by atoms with Crippen molar-refractivity contribution in [1.29, 1.82) is 0 Å². The highest BCUT2D eigenvalue weighted by atomic mass is 16.5. The zero-order valence-electron chi connectivity index (χ0n) is 15.8. The first-order chi connectivity index (χ1) is 13.4. The average Bonchev–Trinajstić information content (AvgIpc) is 3.20. The second kappa shape index (κ2) is 7.03. The Balaban J connectivity index is 1.38. The van der Waals surface area contributed by atoms with E-state index in [0.717, 1.165) is 17.7 Å². The van der Waals surface area contributed by atoms with Gasteiger partial charge in [-0.1, -0.05) is 18.2 Å². The Hall–Kier alpha value is -3.29. The van der Waals surface area contributed by atoms with Gasteiger partial charge in [0.25, 0.3) is 11.1 Å². The van der Waals surface area contributed by atoms with E-state index in [9.17, 15) is 14.4 Å². The monoisotopic (exact) mass is 382 g/mol. The van der Waals surface area contributed by atoms with Crippen LogP contribution in [0.2, 0.25) is 0 Å². The molecule has 8 heteroatoms. The number of H-pyrrole nitrogens is 2. The van der Waals surface area contributed by atoms with Gasteiger partial charge in [-0.25, -0.2) is 0 Å². The fraction of sp³-hybridized carbons (Fsp3) is 0.350. The van der Waals surface area contributed by atoms with E-state index in [-0.39, 0.29) is 36.0 Å². The smallest absolute Gasteiger partial charge is 0.273 e. The van der Waals surface area contributed by atoms with E-state index in [2.05, 4.69) is 15.4 Å². The third kappa shape index (κ3) is 3.21. The van der Waals surface area contributed by atoms with Gasteiger partial charge in [-0.3, -0.25) is 24.2 Å². The summed E-state index contributed by atoms with van der Waals surface area (Å²) in [5, 5.41) is 5.96. The molecule has 0 aliphatic carbocycles. The Bertz CT molecular complexity index is 1150. The summed E-state index contributed by atoms with van der Waals surface area (Å²) in [4.78, 5) is 39.4. The molecular weight excluding hydrogens is 360 g/mol. The Morgan fingerprint density at radius 2 is 2.07 bits per heavy atom. The Kier molecular flexibility index (Phi) is 4.54. The molecule has 1 amide bonds. The molecule has 0 spiro atoms. The normalized spacial score (nSPS) is 15.4. The molecular formula is C20H22N4O4. The van der Waals surface area contributed by atoms with Crippen molar-refractivity contribution in [3.8, 4) is 5.75 Å². The van der Waals surface area contributed by atoms with Crippen LogP contribution >= 0.6 is 0 Å². The number of aryl methyl sites for hydroxylation is 2. The molecule has 0 fully saturated rings. The summed E-state index contributed by atoms with van der Waals surface area (Å²) < 4.78 is 7.30. The SMILES string of the molecule is Cc1c(CCC(=O)NC[C@@H]2Cc3ccccc3O2)c(=O)[nH]c2c1c(=O)[nH]n2C. The van der Waals surface area contributed by atoms with Crippen molar-refractivity contribution in [2.75, 3.05) is 6.54 Å². The highest BCUT2D eigenvalue weighted by Crippen LogP contribution is 2.27. The summed E-state index contributed by atoms with van der Waals surface area (Å²) in [7, 11) is 1.66. The minimum Gasteiger partial charge on any atom is -0.488 e. The van der Waals surface area contributed by atoms with Gasteiger partial charge in [-0.15, -0.1) is 0 Å². The molecule has 1 aliphatic heterocycles. The molecule has 0 saturated carbocycles. The summed E-state index contributed by atoms with van der Waals surface area (Å²) in [6.07, 6.45) is 1.12. The maximum Gasteiger partial charge on any atom is 0.273 e. The fourth-order valence-electron chi connectivity index (χ4n) is 3.76. The van der Waals surface area contributed by atoms with E-state index in [4.69, 9.17) is 4.74 Å². The van der Waals surface area contributed by atoms with Gasteiger partial charge in [0.2, 0.25) is 5.91 Å². The molecule has 0 saturated heterocycles. The van der Waals surface area contributed by atoms with E-state index in [0.29, 0.717) is 28.7 Å². The highest BCUT2D eigenvalue weighted by Gasteiger charge is 2.23. The van der Waals surface area contributed by atoms with E-state index >= 15 is 0 Å². The second-order valence-corrected chi connectivity index (χ2v) is 7.14. The highest BCUT2D eigenvalue weighted by molar-refractivity contribution is 5.80. The van der Waals surface area contributed by atoms with E-state index < -0.39 is 0 Å². The van der Waals surface area contributed by atoms with Crippen LogP contribution in [0.3, 0.4) is 0 Å². The molecule has 3 N–H and O–H groups in total. The van der Waals surface area contributed by atoms with Gasteiger partial charge in [-0.05, 0) is 30.5 Å². The van der Waals surface area contributed by atoms with E-state index in [1.807, 2.05) is 24.3 Å². The number of rotatable bonds is 5. The van der Waals surface area contributed by atoms with Crippen LogP contribution in [0.4, 0.5) is 0 Å². The number of aromatic amines is 2. The molecule has 3 heterocycles. The molecule has 0 bridgehead atoms. The number of para-hydroxylation sites is 1. The minimum atomic E-state index is -0.276. The van der Waals surface area contributed by atoms with Gasteiger partial charge in [0.05, 0.1) is 11.9 Å². The van der Waals surface area contributed by atoms with Gasteiger partial charge in [-0.2, -0.15) is 0 Å². The predicted octanol–water partition coefficient (Wildman–Crippen LogP) is 0.916. The second-order valence-electron chi connectivity index (χ2n) is 7.14. The zero-order valence-corrected chi connectivity index (χ0v) is 15.8. The molecule has 8 nitrogen and oxygen atoms in total. The largest absolute Gasteiger partial charge is 0.488 e. The topological polar surface area (TPSA) is 109 Å². The van der Waals surface area contributed by atoms with Crippen LogP contribution in [0, 0.1) is 6.92 Å². The molecule has 3 aromatic rings. The van der Waals surface area contributed by atoms with Crippen molar-refractivity contribution >= 4 is 16.9 Å². The number of benzene rings is 1. The number of amides is 1. The van der Waals surface area contributed by atoms with Crippen molar-refractivity contribution in [2.24, 2.45) is 7.05 Å². The first-order valence-corrected chi connectivity index (χ1v) is 9.25. The fourth-order valence-corrected chi connectivity index (χ4v) is 3.76. The molecule has 1 atom stereocenters. The number of nitrogens with one attached hydrogen (secondary N) is 3. The first kappa shape index (κ1) is 18.1. The van der Waals surface area contributed by atoms with Gasteiger partial charge < -0.3 is 15.0 Å². The molecule has 4 rings (SSSR count). The van der Waals surface area contributed by atoms with Crippen LogP contribution in [0.1, 0.15) is 23.1 Å². The minimum absolute atomic E-state index is 0.0780. The standard InChI is InChI=1S/C20H22N4O4/c1-11-14(19(26)22-18-17(11)20(27)23-24(18)2)7-8-16(25)21-10-13-9-12-5-3-4-6-15(12)28-13/h3-6,13H,7-10H2,1-2H3,(H,21,25)(H,22,26)(H,23,27)/t13-/m0/s1. The van der Waals surface area contributed by atoms with Gasteiger partial charge in [0.1, 0.15) is 17.5 Å². The molecule has 1 aromatic carbocycles. The van der Waals surface area contributed by atoms with Crippen LogP contribution in [0.15, 0.2) is 33.9 Å². The lowest BCUT2D eigenvalue weighted by Gasteiger charge is -2.12. The molecule has 146 valence electrons. The van der Waals surface area contributed by atoms with Gasteiger partial charge in [0, 0.05) is 25.5 Å². The predicted molar refractivity (Wildman–Crippen MR) is 105 cm³/mol. The van der Waals surface area contributed by atoms with Crippen LogP contribution in [-0.4, -0.2) is 33.3 Å². The number of carbonyl (C=O) groups is 1. The van der Waals surface area contributed by atoms with E-state index in [1.54, 1.807) is 14.0 Å². The summed E-state index contributed by atoms with van der Waals surface area (Å²) >= 11 is 0. The van der Waals surface area contributed by atoms with Crippen LogP contribution in [0.25, 0.3) is 11.0 Å². The molecule has 0 radical (unpaired) electrons. The number of nitrogens with zero attached hydrogens (tertiary/aromatic N) is 1. The summed E-state index contributed by atoms with van der Waals surface area (Å²) in [5.74, 6) is 0.714. The number of carbonyl (C=O) groups excluding carboxylic acids is 1. The molecule has 1 aliphatic rings. The average molecular weight is 382 g/mol. The number of pyridine rings is 1. The number of fused-ring (bicyclic) bond motifs is 2. The lowest BCUT2D eigenvalue weighted by atomic mass is 10.0. The third-order valence-corrected chi connectivity index (χ3v) is 5.25. The van der Waals surface area contributed by atoms with Gasteiger partial charge >= 0.3 is 0 Å². The molecule has 0 unspecified atom stereocenters. The third-order valence-electron chi connectivity index (χ3n) is 5.25. The van der Waals surface area contributed by atoms with Crippen LogP contribution < -0.4 is 21.2 Å². The maximum atomic E-state index is 12.4. The zero-order chi connectivity index (χ0) is 19.8. The summed E-state index contributed by atoms with van der Waals surface area (Å²) in [5.41, 5.74) is 2.15. The number of ether oxygens (including phenoxy) is 1. The molecule has 2 aromatic heterocycles. The van der Waals surface area contributed by atoms with Crippen molar-refractivity contribution in [3.63, 3.8) is 0 Å². The summed E-state index contributed by atoms with van der Waals surface area (Å²) in [6, 6.07) is 7.84. The molecule has 28 heavy (non-hydrogen) atoms. The number of aromatic nitrogens is 3. The maximum absolute atomic E-state index is 12.4. The quantitative estimate of drug-likeness (QED) is 0.609. The number of hydrogen-bond donors (Lipinski definition) is 3. The van der Waals surface area contributed by atoms with Crippen LogP contribution in [-0.2, 0) is 24.7 Å². The van der Waals surface area contributed by atoms with E-state index in [1.165, 1.54) is 4.68 Å².